The van der Waals surface area contributed by atoms with Gasteiger partial charge in [-0.2, -0.15) is 0 Å². The van der Waals surface area contributed by atoms with Crippen LogP contribution in [0.3, 0.4) is 0 Å². The molecule has 4 N–H and O–H groups in total. The second-order valence-corrected chi connectivity index (χ2v) is 2.79. The Morgan fingerprint density at radius 3 is 2.83 bits per heavy atom. The summed E-state index contributed by atoms with van der Waals surface area (Å²) in [6.45, 7) is 1.26. The number of aromatic hydroxyl groups is 1. The average molecular weight is 187 g/mol. The van der Waals surface area contributed by atoms with Crippen molar-refractivity contribution in [2.75, 3.05) is 18.4 Å². The van der Waals surface area contributed by atoms with E-state index >= 15 is 0 Å². The van der Waals surface area contributed by atoms with Crippen LogP contribution in [0.1, 0.15) is 0 Å². The van der Waals surface area contributed by atoms with Crippen molar-refractivity contribution in [2.45, 2.75) is 0 Å². The van der Waals surface area contributed by atoms with Gasteiger partial charge in [-0.25, -0.2) is 0 Å². The molecule has 0 aromatic heterocycles. The molecule has 0 radical (unpaired) electrons. The molecule has 0 heterocycles. The van der Waals surface area contributed by atoms with Crippen LogP contribution >= 0.6 is 11.6 Å². The standard InChI is InChI=1S/C8H11ClN2O/c9-7-5-6(11-4-3-10)1-2-8(7)12/h1-2,5,11-12H,3-4,10H2. The summed E-state index contributed by atoms with van der Waals surface area (Å²) >= 11 is 5.67. The van der Waals surface area contributed by atoms with Crippen LogP contribution in [0, 0.1) is 0 Å². The van der Waals surface area contributed by atoms with Gasteiger partial charge in [0, 0.05) is 18.8 Å². The summed E-state index contributed by atoms with van der Waals surface area (Å²) in [6.07, 6.45) is 0. The maximum Gasteiger partial charge on any atom is 0.134 e. The molecule has 0 fully saturated rings. The Bertz CT molecular complexity index is 265. The van der Waals surface area contributed by atoms with Crippen LogP contribution < -0.4 is 11.1 Å². The van der Waals surface area contributed by atoms with Gasteiger partial charge in [-0.3, -0.25) is 0 Å². The van der Waals surface area contributed by atoms with Gasteiger partial charge in [0.1, 0.15) is 5.75 Å². The Morgan fingerprint density at radius 2 is 2.25 bits per heavy atom. The van der Waals surface area contributed by atoms with Gasteiger partial charge >= 0.3 is 0 Å². The highest BCUT2D eigenvalue weighted by atomic mass is 35.5. The van der Waals surface area contributed by atoms with E-state index in [1.165, 1.54) is 0 Å². The van der Waals surface area contributed by atoms with Gasteiger partial charge in [-0.1, -0.05) is 11.6 Å². The minimum absolute atomic E-state index is 0.0926. The first-order valence-corrected chi connectivity index (χ1v) is 4.04. The zero-order valence-electron chi connectivity index (χ0n) is 6.55. The molecular weight excluding hydrogens is 176 g/mol. The number of hydrogen-bond donors (Lipinski definition) is 3. The minimum Gasteiger partial charge on any atom is -0.506 e. The largest absolute Gasteiger partial charge is 0.506 e. The van der Waals surface area contributed by atoms with Gasteiger partial charge < -0.3 is 16.2 Å². The summed E-state index contributed by atoms with van der Waals surface area (Å²) in [6, 6.07) is 4.95. The topological polar surface area (TPSA) is 58.3 Å². The van der Waals surface area contributed by atoms with Gasteiger partial charge in [0.15, 0.2) is 0 Å². The van der Waals surface area contributed by atoms with Crippen molar-refractivity contribution in [1.29, 1.82) is 0 Å². The second kappa shape index (κ2) is 4.18. The normalized spacial score (nSPS) is 9.83. The average Bonchev–Trinajstić information content (AvgIpc) is 2.07. The molecule has 1 aromatic rings. The number of benzene rings is 1. The van der Waals surface area contributed by atoms with Crippen molar-refractivity contribution in [3.63, 3.8) is 0 Å². The molecule has 1 aromatic carbocycles. The number of hydrogen-bond acceptors (Lipinski definition) is 3. The van der Waals surface area contributed by atoms with E-state index in [0.29, 0.717) is 18.1 Å². The van der Waals surface area contributed by atoms with E-state index in [1.807, 2.05) is 0 Å². The summed E-state index contributed by atoms with van der Waals surface area (Å²) in [5.41, 5.74) is 6.16. The first-order chi connectivity index (χ1) is 5.74. The lowest BCUT2D eigenvalue weighted by atomic mass is 10.3. The lowest BCUT2D eigenvalue weighted by Crippen LogP contribution is -2.12. The summed E-state index contributed by atoms with van der Waals surface area (Å²) in [5, 5.41) is 12.5. The highest BCUT2D eigenvalue weighted by Gasteiger charge is 1.97. The van der Waals surface area contributed by atoms with Crippen LogP contribution in [0.5, 0.6) is 5.75 Å². The number of nitrogens with two attached hydrogens (primary N) is 1. The summed E-state index contributed by atoms with van der Waals surface area (Å²) in [7, 11) is 0. The third kappa shape index (κ3) is 2.29. The molecule has 0 aliphatic carbocycles. The third-order valence-electron chi connectivity index (χ3n) is 1.42. The number of nitrogens with one attached hydrogen (secondary N) is 1. The maximum absolute atomic E-state index is 9.08. The van der Waals surface area contributed by atoms with E-state index in [2.05, 4.69) is 5.32 Å². The van der Waals surface area contributed by atoms with Gasteiger partial charge in [0.25, 0.3) is 0 Å². The Morgan fingerprint density at radius 1 is 1.50 bits per heavy atom. The quantitative estimate of drug-likeness (QED) is 0.626. The highest BCUT2D eigenvalue weighted by molar-refractivity contribution is 6.32. The lowest BCUT2D eigenvalue weighted by molar-refractivity contribution is 0.475. The van der Waals surface area contributed by atoms with Gasteiger partial charge in [-0.15, -0.1) is 0 Å². The van der Waals surface area contributed by atoms with Crippen molar-refractivity contribution in [3.05, 3.63) is 23.2 Å². The van der Waals surface area contributed by atoms with Crippen molar-refractivity contribution < 1.29 is 5.11 Å². The van der Waals surface area contributed by atoms with Crippen LogP contribution in [0.25, 0.3) is 0 Å². The van der Waals surface area contributed by atoms with E-state index < -0.39 is 0 Å². The molecule has 66 valence electrons. The Labute approximate surface area is 76.1 Å². The lowest BCUT2D eigenvalue weighted by Gasteiger charge is -2.05. The molecule has 1 rings (SSSR count). The molecule has 3 nitrogen and oxygen atoms in total. The molecular formula is C8H11ClN2O. The van der Waals surface area contributed by atoms with Crippen molar-refractivity contribution in [2.24, 2.45) is 5.73 Å². The predicted molar refractivity (Wildman–Crippen MR) is 50.7 cm³/mol. The zero-order chi connectivity index (χ0) is 8.97. The number of phenols is 1. The SMILES string of the molecule is NCCNc1ccc(O)c(Cl)c1. The predicted octanol–water partition coefficient (Wildman–Crippen LogP) is 1.42. The molecule has 0 atom stereocenters. The second-order valence-electron chi connectivity index (χ2n) is 2.38. The molecule has 0 unspecified atom stereocenters. The first kappa shape index (κ1) is 9.16. The maximum atomic E-state index is 9.08. The molecule has 0 aliphatic rings. The van der Waals surface area contributed by atoms with Crippen LogP contribution in [0.4, 0.5) is 5.69 Å². The van der Waals surface area contributed by atoms with Gasteiger partial charge in [0.2, 0.25) is 0 Å². The first-order valence-electron chi connectivity index (χ1n) is 3.66. The Balaban J connectivity index is 2.69. The number of rotatable bonds is 3. The number of anilines is 1. The minimum atomic E-state index is 0.0926. The summed E-state index contributed by atoms with van der Waals surface area (Å²) in [4.78, 5) is 0. The molecule has 12 heavy (non-hydrogen) atoms. The van der Waals surface area contributed by atoms with Crippen LogP contribution in [0.2, 0.25) is 5.02 Å². The highest BCUT2D eigenvalue weighted by Crippen LogP contribution is 2.25. The van der Waals surface area contributed by atoms with Crippen LogP contribution in [-0.4, -0.2) is 18.2 Å². The monoisotopic (exact) mass is 186 g/mol. The zero-order valence-corrected chi connectivity index (χ0v) is 7.30. The molecule has 0 saturated heterocycles. The molecule has 0 bridgehead atoms. The van der Waals surface area contributed by atoms with E-state index in [1.54, 1.807) is 18.2 Å². The van der Waals surface area contributed by atoms with E-state index in [0.717, 1.165) is 5.69 Å². The molecule has 0 spiro atoms. The number of phenolic OH excluding ortho intramolecular Hbond substituents is 1. The smallest absolute Gasteiger partial charge is 0.134 e. The molecule has 0 amide bonds. The molecule has 0 aliphatic heterocycles. The fourth-order valence-corrected chi connectivity index (χ4v) is 1.01. The fraction of sp³-hybridized carbons (Fsp3) is 0.250. The molecule has 0 saturated carbocycles. The van der Waals surface area contributed by atoms with Gasteiger partial charge in [-0.05, 0) is 18.2 Å². The fourth-order valence-electron chi connectivity index (χ4n) is 0.833. The molecule has 4 heteroatoms. The van der Waals surface area contributed by atoms with Crippen molar-refractivity contribution in [1.82, 2.24) is 0 Å². The Kier molecular flexibility index (Phi) is 3.19. The van der Waals surface area contributed by atoms with Gasteiger partial charge in [0.05, 0.1) is 5.02 Å². The van der Waals surface area contributed by atoms with E-state index in [-0.39, 0.29) is 5.75 Å². The summed E-state index contributed by atoms with van der Waals surface area (Å²) < 4.78 is 0. The van der Waals surface area contributed by atoms with Crippen molar-refractivity contribution >= 4 is 17.3 Å². The van der Waals surface area contributed by atoms with Crippen LogP contribution in [-0.2, 0) is 0 Å². The number of halogens is 1. The Hall–Kier alpha value is -0.930. The van der Waals surface area contributed by atoms with E-state index in [9.17, 15) is 0 Å². The van der Waals surface area contributed by atoms with Crippen LogP contribution in [0.15, 0.2) is 18.2 Å². The summed E-state index contributed by atoms with van der Waals surface area (Å²) in [5.74, 6) is 0.0926. The van der Waals surface area contributed by atoms with E-state index in [4.69, 9.17) is 22.4 Å². The van der Waals surface area contributed by atoms with Crippen molar-refractivity contribution in [3.8, 4) is 5.75 Å². The third-order valence-corrected chi connectivity index (χ3v) is 1.72.